The van der Waals surface area contributed by atoms with Crippen molar-refractivity contribution in [1.29, 1.82) is 0 Å². The second-order valence-corrected chi connectivity index (χ2v) is 1.34. The summed E-state index contributed by atoms with van der Waals surface area (Å²) in [7, 11) is -5.39. The van der Waals surface area contributed by atoms with Crippen LogP contribution >= 0.6 is 7.82 Å². The molecule has 0 aromatic heterocycles. The minimum absolute atomic E-state index is 0. The molecule has 0 fully saturated rings. The molecule has 54 valence electrons. The first-order valence-electron chi connectivity index (χ1n) is 0.730. The van der Waals surface area contributed by atoms with Crippen molar-refractivity contribution >= 4 is 7.82 Å². The van der Waals surface area contributed by atoms with Crippen LogP contribution in [0.1, 0.15) is 0 Å². The predicted molar refractivity (Wildman–Crippen MR) is 10.2 cm³/mol. The molecule has 0 spiro atoms. The Morgan fingerprint density at radius 2 is 1.11 bits per heavy atom. The minimum atomic E-state index is -5.39. The third kappa shape index (κ3) is 196. The first-order chi connectivity index (χ1) is 2.00. The predicted octanol–water partition coefficient (Wildman–Crippen LogP) is -6.12. The average molecular weight is 335 g/mol. The normalized spacial score (nSPS) is 6.56. The standard InChI is InChI=1S/Na.H3O4P.H2O.O.W/c;1-5(2,3)4;;;/h;(H3,1,2,3,4);1H2;;/q+1;;;-2;/p-4. The summed E-state index contributed by atoms with van der Waals surface area (Å²) in [6.07, 6.45) is 0. The average Bonchev–Trinajstić information content (AvgIpc) is 0.722. The number of hydrogen-bond donors (Lipinski definition) is 0. The van der Waals surface area contributed by atoms with E-state index in [4.69, 9.17) is 19.2 Å². The van der Waals surface area contributed by atoms with Crippen molar-refractivity contribution in [1.82, 2.24) is 0 Å². The van der Waals surface area contributed by atoms with Crippen LogP contribution in [0.4, 0.5) is 0 Å². The van der Waals surface area contributed by atoms with Gasteiger partial charge in [0.25, 0.3) is 0 Å². The molecule has 0 aliphatic rings. The van der Waals surface area contributed by atoms with Crippen LogP contribution in [0.25, 0.3) is 0 Å². The van der Waals surface area contributed by atoms with E-state index in [1.54, 1.807) is 0 Å². The van der Waals surface area contributed by atoms with Gasteiger partial charge in [0, 0.05) is 21.1 Å². The van der Waals surface area contributed by atoms with Gasteiger partial charge in [-0.25, -0.2) is 0 Å². The Balaban J connectivity index is -0.0000000133. The number of hydrogen-bond acceptors (Lipinski definition) is 5. The Hall–Kier alpha value is 1.72. The maximum absolute atomic E-state index is 8.55. The van der Waals surface area contributed by atoms with Gasteiger partial charge < -0.3 is 30.2 Å². The van der Waals surface area contributed by atoms with Gasteiger partial charge in [-0.2, -0.15) is 7.82 Å². The van der Waals surface area contributed by atoms with Crippen molar-refractivity contribution < 1.29 is 80.8 Å². The van der Waals surface area contributed by atoms with Gasteiger partial charge in [-0.1, -0.05) is 0 Å². The molecule has 0 heterocycles. The Morgan fingerprint density at radius 3 is 1.11 bits per heavy atom. The van der Waals surface area contributed by atoms with E-state index in [0.29, 0.717) is 0 Å². The summed E-state index contributed by atoms with van der Waals surface area (Å²) in [6, 6.07) is 0. The van der Waals surface area contributed by atoms with Gasteiger partial charge in [-0.05, 0) is 0 Å². The SMILES string of the molecule is O=P([O-])([O-])[O-].[Na+].[O-2].[OH-].[W]. The molecule has 0 rings (SSSR count). The Bertz CT molecular complexity index is 59.2. The summed E-state index contributed by atoms with van der Waals surface area (Å²) in [4.78, 5) is 25.6. The molecule has 0 saturated carbocycles. The fraction of sp³-hybridized carbons (Fsp3) is 0. The quantitative estimate of drug-likeness (QED) is 0.319. The molecule has 0 unspecified atom stereocenters. The molecule has 1 N–H and O–H groups in total. The van der Waals surface area contributed by atoms with Gasteiger partial charge in [-0.15, -0.1) is 0 Å². The van der Waals surface area contributed by atoms with Crippen molar-refractivity contribution in [3.63, 3.8) is 0 Å². The molecule has 0 atom stereocenters. The zero-order chi connectivity index (χ0) is 4.50. The summed E-state index contributed by atoms with van der Waals surface area (Å²) >= 11 is 0. The Morgan fingerprint density at radius 1 is 1.11 bits per heavy atom. The fourth-order valence-electron chi connectivity index (χ4n) is 0. The molecule has 0 saturated heterocycles. The van der Waals surface area contributed by atoms with Gasteiger partial charge in [0.1, 0.15) is 0 Å². The summed E-state index contributed by atoms with van der Waals surface area (Å²) in [5, 5.41) is 0. The van der Waals surface area contributed by atoms with E-state index in [2.05, 4.69) is 0 Å². The Labute approximate surface area is 88.1 Å². The van der Waals surface area contributed by atoms with Gasteiger partial charge in [0.15, 0.2) is 0 Å². The van der Waals surface area contributed by atoms with Crippen LogP contribution in [0, 0.1) is 0 Å². The first-order valence-corrected chi connectivity index (χ1v) is 2.19. The van der Waals surface area contributed by atoms with Crippen molar-refractivity contribution in [3.05, 3.63) is 0 Å². The summed E-state index contributed by atoms with van der Waals surface area (Å²) in [6.45, 7) is 0. The van der Waals surface area contributed by atoms with Gasteiger partial charge >= 0.3 is 29.6 Å². The maximum Gasteiger partial charge on any atom is 1.00 e. The molecule has 0 bridgehead atoms. The van der Waals surface area contributed by atoms with Crippen LogP contribution in [-0.4, -0.2) is 5.48 Å². The molecule has 0 aliphatic carbocycles. The third-order valence-corrected chi connectivity index (χ3v) is 0. The van der Waals surface area contributed by atoms with Crippen LogP contribution in [0.5, 0.6) is 0 Å². The van der Waals surface area contributed by atoms with Crippen LogP contribution in [0.2, 0.25) is 0 Å². The van der Waals surface area contributed by atoms with Crippen molar-refractivity contribution in [2.45, 2.75) is 0 Å². The van der Waals surface area contributed by atoms with Crippen LogP contribution in [-0.2, 0) is 31.1 Å². The van der Waals surface area contributed by atoms with E-state index >= 15 is 0 Å². The smallest absolute Gasteiger partial charge is 1.00 e. The summed E-state index contributed by atoms with van der Waals surface area (Å²) in [5.74, 6) is 0. The molecule has 9 heteroatoms. The molecule has 0 amide bonds. The Kier molecular flexibility index (Phi) is 42.7. The summed E-state index contributed by atoms with van der Waals surface area (Å²) in [5.41, 5.74) is 0. The first kappa shape index (κ1) is 31.0. The van der Waals surface area contributed by atoms with E-state index < -0.39 is 7.82 Å². The number of phosphoric acid groups is 1. The molecular weight excluding hydrogens is 334 g/mol. The van der Waals surface area contributed by atoms with Crippen LogP contribution < -0.4 is 44.2 Å². The van der Waals surface area contributed by atoms with Crippen molar-refractivity contribution in [3.8, 4) is 0 Å². The van der Waals surface area contributed by atoms with E-state index in [9.17, 15) is 0 Å². The molecule has 0 aromatic rings. The molecule has 0 radical (unpaired) electrons. The second kappa shape index (κ2) is 12.4. The molecular formula is HNaO6PW-5. The zero-order valence-corrected chi connectivity index (χ0v) is 10.2. The minimum Gasteiger partial charge on any atom is -2.00 e. The van der Waals surface area contributed by atoms with Gasteiger partial charge in [0.2, 0.25) is 0 Å². The molecule has 0 aromatic carbocycles. The van der Waals surface area contributed by atoms with Crippen molar-refractivity contribution in [2.75, 3.05) is 0 Å². The monoisotopic (exact) mass is 335 g/mol. The van der Waals surface area contributed by atoms with Crippen LogP contribution in [0.15, 0.2) is 0 Å². The third-order valence-electron chi connectivity index (χ3n) is 0. The van der Waals surface area contributed by atoms with E-state index in [1.807, 2.05) is 0 Å². The van der Waals surface area contributed by atoms with E-state index in [1.165, 1.54) is 0 Å². The topological polar surface area (TPSA) is 145 Å². The van der Waals surface area contributed by atoms with E-state index in [0.717, 1.165) is 0 Å². The molecule has 9 heavy (non-hydrogen) atoms. The van der Waals surface area contributed by atoms with Gasteiger partial charge in [0.05, 0.1) is 0 Å². The van der Waals surface area contributed by atoms with Crippen LogP contribution in [0.3, 0.4) is 0 Å². The molecule has 0 aliphatic heterocycles. The zero-order valence-electron chi connectivity index (χ0n) is 4.34. The molecule has 6 nitrogen and oxygen atoms in total. The van der Waals surface area contributed by atoms with Crippen molar-refractivity contribution in [2.24, 2.45) is 0 Å². The van der Waals surface area contributed by atoms with Gasteiger partial charge in [-0.3, -0.25) is 0 Å². The summed E-state index contributed by atoms with van der Waals surface area (Å²) < 4.78 is 8.55. The maximum atomic E-state index is 8.55. The second-order valence-electron chi connectivity index (χ2n) is 0.447. The largest absolute Gasteiger partial charge is 2.00 e. The number of rotatable bonds is 0. The fourth-order valence-corrected chi connectivity index (χ4v) is 0. The van der Waals surface area contributed by atoms with E-state index in [-0.39, 0.29) is 61.6 Å².